The molecule has 0 N–H and O–H groups in total. The van der Waals surface area contributed by atoms with Crippen molar-refractivity contribution >= 4 is 15.9 Å². The molecule has 0 atom stereocenters. The first-order valence-electron chi connectivity index (χ1n) is 1.22. The Labute approximate surface area is 40.3 Å². The topological polar surface area (TPSA) is 0 Å². The third-order valence-corrected chi connectivity index (χ3v) is 0.489. The Morgan fingerprint density at radius 3 is 2.20 bits per heavy atom. The molecule has 0 bridgehead atoms. The van der Waals surface area contributed by atoms with Crippen molar-refractivity contribution in [2.75, 3.05) is 0 Å². The molecule has 0 nitrogen and oxygen atoms in total. The molecular weight excluding hydrogens is 128 g/mol. The zero-order valence-electron chi connectivity index (χ0n) is 2.69. The standard InChI is InChI=1S/C4H4Br/c1-2-3-4-5/h1-4H/b2-1?,4-3+. The number of hydrogen-bond donors (Lipinski definition) is 0. The molecule has 0 spiro atoms. The Balaban J connectivity index is 2.92. The van der Waals surface area contributed by atoms with Gasteiger partial charge in [-0.25, -0.2) is 0 Å². The van der Waals surface area contributed by atoms with Crippen LogP contribution in [0.15, 0.2) is 17.1 Å². The third kappa shape index (κ3) is 3.96. The van der Waals surface area contributed by atoms with Crippen molar-refractivity contribution in [2.24, 2.45) is 0 Å². The highest BCUT2D eigenvalue weighted by Gasteiger charge is 1.44. The Bertz CT molecular complexity index is 45.6. The summed E-state index contributed by atoms with van der Waals surface area (Å²) in [6.07, 6.45) is 3.15. The van der Waals surface area contributed by atoms with Gasteiger partial charge in [-0.2, -0.15) is 0 Å². The van der Waals surface area contributed by atoms with Gasteiger partial charge in [-0.3, -0.25) is 0 Å². The number of hydrogen-bond acceptors (Lipinski definition) is 0. The van der Waals surface area contributed by atoms with E-state index in [4.69, 9.17) is 6.58 Å². The monoisotopic (exact) mass is 131 g/mol. The van der Waals surface area contributed by atoms with Gasteiger partial charge in [0.05, 0.1) is 0 Å². The van der Waals surface area contributed by atoms with Crippen molar-refractivity contribution in [1.82, 2.24) is 0 Å². The van der Waals surface area contributed by atoms with E-state index < -0.39 is 0 Å². The maximum Gasteiger partial charge on any atom is -0.0189 e. The van der Waals surface area contributed by atoms with Crippen LogP contribution < -0.4 is 0 Å². The van der Waals surface area contributed by atoms with Crippen molar-refractivity contribution in [3.63, 3.8) is 0 Å². The molecule has 0 saturated carbocycles. The molecular formula is C4H4Br. The first-order valence-corrected chi connectivity index (χ1v) is 2.13. The number of rotatable bonds is 1. The molecule has 1 radical (unpaired) electrons. The molecule has 0 aromatic heterocycles. The minimum absolute atomic E-state index is 1.45. The highest BCUT2D eigenvalue weighted by atomic mass is 79.9. The summed E-state index contributed by atoms with van der Waals surface area (Å²) < 4.78 is 0. The van der Waals surface area contributed by atoms with E-state index in [1.165, 1.54) is 6.08 Å². The zero-order valence-corrected chi connectivity index (χ0v) is 4.27. The Morgan fingerprint density at radius 2 is 2.20 bits per heavy atom. The first kappa shape index (κ1) is 4.96. The normalized spacial score (nSPS) is 9.00. The lowest BCUT2D eigenvalue weighted by Gasteiger charge is -1.53. The van der Waals surface area contributed by atoms with Crippen molar-refractivity contribution in [3.8, 4) is 0 Å². The molecule has 0 saturated heterocycles. The van der Waals surface area contributed by atoms with E-state index in [0.717, 1.165) is 0 Å². The minimum atomic E-state index is 1.45. The minimum Gasteiger partial charge on any atom is -0.0623 e. The van der Waals surface area contributed by atoms with Crippen LogP contribution >= 0.6 is 15.9 Å². The second kappa shape index (κ2) is 3.96. The van der Waals surface area contributed by atoms with E-state index in [1.807, 2.05) is 0 Å². The molecule has 0 heterocycles. The smallest absolute Gasteiger partial charge is 0.0189 e. The van der Waals surface area contributed by atoms with Gasteiger partial charge in [-0.15, -0.1) is 0 Å². The second-order valence-corrected chi connectivity index (χ2v) is 1.04. The lowest BCUT2D eigenvalue weighted by Crippen LogP contribution is -1.29. The van der Waals surface area contributed by atoms with Gasteiger partial charge in [0.25, 0.3) is 0 Å². The molecule has 0 aliphatic rings. The highest BCUT2D eigenvalue weighted by Crippen LogP contribution is 1.79. The van der Waals surface area contributed by atoms with E-state index >= 15 is 0 Å². The summed E-state index contributed by atoms with van der Waals surface area (Å²) in [4.78, 5) is 1.69. The molecule has 0 amide bonds. The zero-order chi connectivity index (χ0) is 4.12. The van der Waals surface area contributed by atoms with E-state index in [0.29, 0.717) is 0 Å². The van der Waals surface area contributed by atoms with Gasteiger partial charge in [0.1, 0.15) is 0 Å². The molecule has 0 fully saturated rings. The fourth-order valence-electron chi connectivity index (χ4n) is 0.0420. The summed E-state index contributed by atoms with van der Waals surface area (Å²) in [5.41, 5.74) is 0. The van der Waals surface area contributed by atoms with Crippen LogP contribution in [0.5, 0.6) is 0 Å². The van der Waals surface area contributed by atoms with Crippen LogP contribution in [-0.4, -0.2) is 0 Å². The van der Waals surface area contributed by atoms with Gasteiger partial charge in [0.2, 0.25) is 0 Å². The predicted octanol–water partition coefficient (Wildman–Crippen LogP) is 1.88. The van der Waals surface area contributed by atoms with Crippen LogP contribution in [0.1, 0.15) is 0 Å². The summed E-state index contributed by atoms with van der Waals surface area (Å²) in [7, 11) is 0. The van der Waals surface area contributed by atoms with Crippen molar-refractivity contribution in [3.05, 3.63) is 23.7 Å². The highest BCUT2D eigenvalue weighted by molar-refractivity contribution is 9.11. The van der Waals surface area contributed by atoms with Gasteiger partial charge in [-0.05, 0) is 4.99 Å². The van der Waals surface area contributed by atoms with Crippen molar-refractivity contribution in [2.45, 2.75) is 0 Å². The van der Waals surface area contributed by atoms with Gasteiger partial charge in [0, 0.05) is 0 Å². The van der Waals surface area contributed by atoms with Crippen LogP contribution in [0.3, 0.4) is 0 Å². The fraction of sp³-hybridized carbons (Fsp3) is 0. The molecule has 0 unspecified atom stereocenters. The molecule has 0 aromatic carbocycles. The van der Waals surface area contributed by atoms with Gasteiger partial charge < -0.3 is 0 Å². The van der Waals surface area contributed by atoms with Gasteiger partial charge >= 0.3 is 0 Å². The Kier molecular flexibility index (Phi) is 3.93. The Hall–Kier alpha value is -0.0400. The van der Waals surface area contributed by atoms with E-state index in [2.05, 4.69) is 15.9 Å². The average molecular weight is 132 g/mol. The number of allylic oxidation sites excluding steroid dienone is 2. The maximum absolute atomic E-state index is 4.90. The SMILES string of the molecule is [CH]=C/C=C/Br. The number of halogens is 1. The van der Waals surface area contributed by atoms with E-state index in [9.17, 15) is 0 Å². The molecule has 0 rings (SSSR count). The van der Waals surface area contributed by atoms with Crippen LogP contribution in [0.2, 0.25) is 0 Å². The predicted molar refractivity (Wildman–Crippen MR) is 26.9 cm³/mol. The molecule has 5 heavy (non-hydrogen) atoms. The molecule has 0 aromatic rings. The van der Waals surface area contributed by atoms with Crippen LogP contribution in [0, 0.1) is 6.58 Å². The van der Waals surface area contributed by atoms with E-state index in [1.54, 1.807) is 11.1 Å². The summed E-state index contributed by atoms with van der Waals surface area (Å²) in [5.74, 6) is 0. The van der Waals surface area contributed by atoms with Gasteiger partial charge in [0.15, 0.2) is 0 Å². The molecule has 0 aliphatic heterocycles. The van der Waals surface area contributed by atoms with Crippen molar-refractivity contribution < 1.29 is 0 Å². The largest absolute Gasteiger partial charge is 0.0623 e. The summed E-state index contributed by atoms with van der Waals surface area (Å²) in [6.45, 7) is 4.90. The summed E-state index contributed by atoms with van der Waals surface area (Å²) >= 11 is 3.02. The lowest BCUT2D eigenvalue weighted by atomic mass is 10.6. The maximum atomic E-state index is 4.90. The second-order valence-electron chi connectivity index (χ2n) is 0.511. The molecule has 1 heteroatoms. The molecule has 27 valence electrons. The van der Waals surface area contributed by atoms with E-state index in [-0.39, 0.29) is 0 Å². The van der Waals surface area contributed by atoms with Crippen LogP contribution in [0.25, 0.3) is 0 Å². The summed E-state index contributed by atoms with van der Waals surface area (Å²) in [6, 6.07) is 0. The average Bonchev–Trinajstić information content (AvgIpc) is 1.41. The lowest BCUT2D eigenvalue weighted by molar-refractivity contribution is 2.10. The Morgan fingerprint density at radius 1 is 1.60 bits per heavy atom. The van der Waals surface area contributed by atoms with Crippen molar-refractivity contribution in [1.29, 1.82) is 0 Å². The quantitative estimate of drug-likeness (QED) is 0.478. The third-order valence-electron chi connectivity index (χ3n) is 0.184. The first-order chi connectivity index (χ1) is 2.41. The van der Waals surface area contributed by atoms with Gasteiger partial charge in [-0.1, -0.05) is 34.7 Å². The molecule has 0 aliphatic carbocycles. The fourth-order valence-corrected chi connectivity index (χ4v) is 0.218. The van der Waals surface area contributed by atoms with Crippen LogP contribution in [0.4, 0.5) is 0 Å². The summed E-state index contributed by atoms with van der Waals surface area (Å²) in [5, 5.41) is 0. The van der Waals surface area contributed by atoms with Crippen LogP contribution in [-0.2, 0) is 0 Å².